The number of benzene rings is 1. The van der Waals surface area contributed by atoms with E-state index in [0.717, 1.165) is 5.70 Å². The van der Waals surface area contributed by atoms with Crippen LogP contribution in [0.2, 0.25) is 0 Å². The summed E-state index contributed by atoms with van der Waals surface area (Å²) in [5.74, 6) is -0.764. The minimum atomic E-state index is -0.759. The Kier molecular flexibility index (Phi) is 7.44. The zero-order valence-corrected chi connectivity index (χ0v) is 13.8. The highest BCUT2D eigenvalue weighted by Crippen LogP contribution is 2.10. The molecule has 1 aliphatic rings. The lowest BCUT2D eigenvalue weighted by Gasteiger charge is -2.18. The van der Waals surface area contributed by atoms with E-state index in [4.69, 9.17) is 4.74 Å². The Bertz CT molecular complexity index is 600. The standard InChI is InChI=1S/C16H19N3O3.ClH/c1-11(2)22-16(21)14(8-13-9-17-10-18-13)19-15(20)12-6-4-3-5-7-12;/h3-7,9-11,14H,8H2,1-2H3,(H,17,18)(H,19,20);1H/t14-;/m0./s1. The monoisotopic (exact) mass is 337 g/mol. The van der Waals surface area contributed by atoms with Crippen LogP contribution in [-0.4, -0.2) is 30.4 Å². The van der Waals surface area contributed by atoms with E-state index >= 15 is 0 Å². The number of ether oxygens (including phenoxy) is 1. The number of nitrogens with one attached hydrogen (secondary N) is 1. The number of halogens is 1. The fourth-order valence-corrected chi connectivity index (χ4v) is 2.00. The van der Waals surface area contributed by atoms with Crippen LogP contribution in [0.25, 0.3) is 0 Å². The SMILES string of the molecule is CC(C)OC(=O)[C@H](CC1=C[NH2+]C=N1)NC(=O)c1ccccc1.[Cl-]. The summed E-state index contributed by atoms with van der Waals surface area (Å²) in [6, 6.07) is 8.01. The van der Waals surface area contributed by atoms with E-state index in [1.165, 1.54) is 0 Å². The van der Waals surface area contributed by atoms with Crippen molar-refractivity contribution in [2.75, 3.05) is 0 Å². The van der Waals surface area contributed by atoms with Crippen molar-refractivity contribution in [3.8, 4) is 0 Å². The predicted octanol–water partition coefficient (Wildman–Crippen LogP) is -2.42. The molecular formula is C16H20ClN3O3. The topological polar surface area (TPSA) is 84.4 Å². The van der Waals surface area contributed by atoms with E-state index in [-0.39, 0.29) is 24.4 Å². The highest BCUT2D eigenvalue weighted by atomic mass is 35.5. The van der Waals surface area contributed by atoms with Crippen molar-refractivity contribution in [3.05, 3.63) is 47.8 Å². The van der Waals surface area contributed by atoms with Crippen LogP contribution in [0.5, 0.6) is 0 Å². The predicted molar refractivity (Wildman–Crippen MR) is 82.0 cm³/mol. The number of nitrogens with two attached hydrogens (primary N) is 1. The molecular weight excluding hydrogens is 318 g/mol. The number of amides is 1. The molecule has 1 amide bonds. The maximum atomic E-state index is 12.2. The molecule has 1 aromatic rings. The number of hydrogen-bond acceptors (Lipinski definition) is 4. The number of quaternary nitrogens is 1. The lowest BCUT2D eigenvalue weighted by Crippen LogP contribution is -3.00. The molecule has 0 fully saturated rings. The molecule has 2 rings (SSSR count). The summed E-state index contributed by atoms with van der Waals surface area (Å²) in [5, 5.41) is 4.51. The first-order valence-corrected chi connectivity index (χ1v) is 7.19. The first-order chi connectivity index (χ1) is 10.6. The van der Waals surface area contributed by atoms with Crippen molar-refractivity contribution in [2.45, 2.75) is 32.4 Å². The van der Waals surface area contributed by atoms with Crippen molar-refractivity contribution >= 4 is 18.2 Å². The van der Waals surface area contributed by atoms with Crippen molar-refractivity contribution < 1.29 is 32.0 Å². The molecule has 3 N–H and O–H groups in total. The second-order valence-electron chi connectivity index (χ2n) is 5.21. The molecule has 0 saturated heterocycles. The van der Waals surface area contributed by atoms with E-state index in [9.17, 15) is 9.59 Å². The molecule has 0 aromatic heterocycles. The smallest absolute Gasteiger partial charge is 0.329 e. The third-order valence-corrected chi connectivity index (χ3v) is 3.01. The Hall–Kier alpha value is -2.18. The molecule has 1 atom stereocenters. The molecule has 0 unspecified atom stereocenters. The van der Waals surface area contributed by atoms with Crippen LogP contribution < -0.4 is 23.0 Å². The third-order valence-electron chi connectivity index (χ3n) is 3.01. The van der Waals surface area contributed by atoms with Gasteiger partial charge in [0.25, 0.3) is 5.91 Å². The van der Waals surface area contributed by atoms with Gasteiger partial charge in [-0.1, -0.05) is 18.2 Å². The van der Waals surface area contributed by atoms with Gasteiger partial charge < -0.3 is 22.5 Å². The molecule has 1 aromatic carbocycles. The number of rotatable bonds is 6. The number of esters is 1. The normalized spacial score (nSPS) is 14.0. The molecule has 1 aliphatic heterocycles. The van der Waals surface area contributed by atoms with Crippen LogP contribution in [0.3, 0.4) is 0 Å². The van der Waals surface area contributed by atoms with Crippen molar-refractivity contribution in [2.24, 2.45) is 4.99 Å². The Morgan fingerprint density at radius 2 is 1.96 bits per heavy atom. The Morgan fingerprint density at radius 3 is 2.52 bits per heavy atom. The van der Waals surface area contributed by atoms with Gasteiger partial charge in [-0.05, 0) is 26.0 Å². The van der Waals surface area contributed by atoms with Crippen molar-refractivity contribution in [1.82, 2.24) is 5.32 Å². The molecule has 0 saturated carbocycles. The van der Waals surface area contributed by atoms with Gasteiger partial charge >= 0.3 is 5.97 Å². The van der Waals surface area contributed by atoms with Crippen LogP contribution in [0.1, 0.15) is 30.6 Å². The number of carbonyl (C=O) groups excluding carboxylic acids is 2. The molecule has 0 radical (unpaired) electrons. The fraction of sp³-hybridized carbons (Fsp3) is 0.312. The van der Waals surface area contributed by atoms with Gasteiger partial charge in [0.05, 0.1) is 6.10 Å². The van der Waals surface area contributed by atoms with Gasteiger partial charge in [0.15, 0.2) is 6.34 Å². The third kappa shape index (κ3) is 5.84. The van der Waals surface area contributed by atoms with Gasteiger partial charge in [-0.15, -0.1) is 0 Å². The van der Waals surface area contributed by atoms with Crippen LogP contribution in [0.4, 0.5) is 0 Å². The Labute approximate surface area is 141 Å². The highest BCUT2D eigenvalue weighted by Gasteiger charge is 2.26. The van der Waals surface area contributed by atoms with Gasteiger partial charge in [-0.3, -0.25) is 10.1 Å². The van der Waals surface area contributed by atoms with Crippen LogP contribution in [-0.2, 0) is 9.53 Å². The summed E-state index contributed by atoms with van der Waals surface area (Å²) in [5.41, 5.74) is 1.24. The molecule has 23 heavy (non-hydrogen) atoms. The average molecular weight is 338 g/mol. The Balaban J connectivity index is 0.00000264. The number of nitrogens with zero attached hydrogens (tertiary/aromatic N) is 1. The number of hydrogen-bond donors (Lipinski definition) is 2. The molecule has 0 aliphatic carbocycles. The second kappa shape index (κ2) is 9.07. The van der Waals surface area contributed by atoms with Gasteiger partial charge in [0.1, 0.15) is 17.9 Å². The first-order valence-electron chi connectivity index (χ1n) is 7.19. The maximum Gasteiger partial charge on any atom is 0.329 e. The molecule has 6 nitrogen and oxygen atoms in total. The van der Waals surface area contributed by atoms with E-state index in [2.05, 4.69) is 10.3 Å². The average Bonchev–Trinajstić information content (AvgIpc) is 2.99. The van der Waals surface area contributed by atoms with Crippen LogP contribution in [0.15, 0.2) is 47.2 Å². The molecule has 0 spiro atoms. The Morgan fingerprint density at radius 1 is 1.26 bits per heavy atom. The van der Waals surface area contributed by atoms with Gasteiger partial charge in [0, 0.05) is 12.0 Å². The summed E-state index contributed by atoms with van der Waals surface area (Å²) in [6.45, 7) is 3.55. The minimum absolute atomic E-state index is 0. The minimum Gasteiger partial charge on any atom is -1.00 e. The molecule has 0 bridgehead atoms. The summed E-state index contributed by atoms with van der Waals surface area (Å²) in [7, 11) is 0. The fourth-order valence-electron chi connectivity index (χ4n) is 2.00. The quantitative estimate of drug-likeness (QED) is 0.567. The summed E-state index contributed by atoms with van der Waals surface area (Å²) < 4.78 is 5.22. The van der Waals surface area contributed by atoms with Crippen molar-refractivity contribution in [1.29, 1.82) is 0 Å². The summed E-state index contributed by atoms with van der Waals surface area (Å²) >= 11 is 0. The molecule has 7 heteroatoms. The molecule has 124 valence electrons. The van der Waals surface area contributed by atoms with Gasteiger partial charge in [0.2, 0.25) is 0 Å². The summed E-state index contributed by atoms with van der Waals surface area (Å²) in [6.07, 6.45) is 3.52. The number of carbonyl (C=O) groups is 2. The maximum absolute atomic E-state index is 12.2. The lowest BCUT2D eigenvalue weighted by atomic mass is 10.1. The van der Waals surface area contributed by atoms with E-state index in [0.29, 0.717) is 12.0 Å². The van der Waals surface area contributed by atoms with Gasteiger partial charge in [-0.25, -0.2) is 9.79 Å². The van der Waals surface area contributed by atoms with E-state index in [1.807, 2.05) is 12.3 Å². The lowest BCUT2D eigenvalue weighted by molar-refractivity contribution is -0.447. The zero-order chi connectivity index (χ0) is 15.9. The number of aliphatic imine (C=N–C) groups is 1. The summed E-state index contributed by atoms with van der Waals surface area (Å²) in [4.78, 5) is 28.6. The molecule has 1 heterocycles. The van der Waals surface area contributed by atoms with E-state index < -0.39 is 12.0 Å². The van der Waals surface area contributed by atoms with Crippen LogP contribution in [0, 0.1) is 0 Å². The largest absolute Gasteiger partial charge is 1.00 e. The van der Waals surface area contributed by atoms with Crippen LogP contribution >= 0.6 is 0 Å². The zero-order valence-electron chi connectivity index (χ0n) is 13.0. The highest BCUT2D eigenvalue weighted by molar-refractivity contribution is 5.96. The van der Waals surface area contributed by atoms with Crippen molar-refractivity contribution in [3.63, 3.8) is 0 Å². The first kappa shape index (κ1) is 18.9. The van der Waals surface area contributed by atoms with Gasteiger partial charge in [-0.2, -0.15) is 0 Å². The van der Waals surface area contributed by atoms with E-state index in [1.54, 1.807) is 49.8 Å². The second-order valence-corrected chi connectivity index (χ2v) is 5.21.